The van der Waals surface area contributed by atoms with Crippen molar-refractivity contribution in [2.24, 2.45) is 0 Å². The molecule has 0 aliphatic rings. The van der Waals surface area contributed by atoms with E-state index in [-0.39, 0.29) is 18.3 Å². The van der Waals surface area contributed by atoms with Gasteiger partial charge in [-0.3, -0.25) is 9.36 Å². The van der Waals surface area contributed by atoms with Gasteiger partial charge in [-0.25, -0.2) is 4.98 Å². The van der Waals surface area contributed by atoms with Gasteiger partial charge in [0, 0.05) is 6.54 Å². The molecule has 10 heteroatoms. The molecule has 0 unspecified atom stereocenters. The summed E-state index contributed by atoms with van der Waals surface area (Å²) in [5.74, 6) is 1.94. The van der Waals surface area contributed by atoms with Crippen molar-refractivity contribution in [2.75, 3.05) is 18.2 Å². The van der Waals surface area contributed by atoms with Crippen molar-refractivity contribution in [3.8, 4) is 11.5 Å². The van der Waals surface area contributed by atoms with E-state index in [1.807, 2.05) is 54.0 Å². The third kappa shape index (κ3) is 5.52. The molecule has 2 heterocycles. The van der Waals surface area contributed by atoms with Crippen molar-refractivity contribution in [3.63, 3.8) is 0 Å². The molecule has 0 saturated heterocycles. The van der Waals surface area contributed by atoms with Crippen LogP contribution in [0.5, 0.6) is 11.5 Å². The first-order valence-corrected chi connectivity index (χ1v) is 12.0. The number of hydrogen-bond acceptors (Lipinski definition) is 8. The average Bonchev–Trinajstić information content (AvgIpc) is 3.40. The van der Waals surface area contributed by atoms with Crippen LogP contribution in [0.15, 0.2) is 60.3 Å². The summed E-state index contributed by atoms with van der Waals surface area (Å²) >= 11 is 2.74. The number of ether oxygens (including phenoxy) is 2. The minimum absolute atomic E-state index is 0.158. The molecule has 4 rings (SSSR count). The third-order valence-electron chi connectivity index (χ3n) is 4.65. The summed E-state index contributed by atoms with van der Waals surface area (Å²) in [5, 5.41) is 12.5. The van der Waals surface area contributed by atoms with Gasteiger partial charge in [0.2, 0.25) is 5.91 Å². The summed E-state index contributed by atoms with van der Waals surface area (Å²) in [6.45, 7) is 6.51. The molecule has 0 radical (unpaired) electrons. The van der Waals surface area contributed by atoms with Gasteiger partial charge in [0.1, 0.15) is 6.61 Å². The molecule has 2 aromatic heterocycles. The minimum Gasteiger partial charge on any atom is -0.493 e. The molecule has 0 bridgehead atoms. The first-order valence-electron chi connectivity index (χ1n) is 10.2. The Kier molecular flexibility index (Phi) is 7.26. The highest BCUT2D eigenvalue weighted by atomic mass is 32.2. The number of anilines is 1. The number of carbonyl (C=O) groups excluding carboxylic acids is 1. The Balaban J connectivity index is 1.39. The molecule has 1 N–H and O–H groups in total. The summed E-state index contributed by atoms with van der Waals surface area (Å²) in [4.78, 5) is 16.9. The van der Waals surface area contributed by atoms with Gasteiger partial charge in [-0.2, -0.15) is 0 Å². The maximum Gasteiger partial charge on any atom is 0.236 e. The lowest BCUT2D eigenvalue weighted by molar-refractivity contribution is -0.113. The van der Waals surface area contributed by atoms with Crippen LogP contribution in [0.1, 0.15) is 11.4 Å². The number of amides is 1. The van der Waals surface area contributed by atoms with Crippen LogP contribution in [0.2, 0.25) is 0 Å². The van der Waals surface area contributed by atoms with Crippen molar-refractivity contribution in [2.45, 2.75) is 25.2 Å². The lowest BCUT2D eigenvalue weighted by atomic mass is 10.2. The normalized spacial score (nSPS) is 10.8. The highest BCUT2D eigenvalue weighted by Crippen LogP contribution is 2.29. The zero-order chi connectivity index (χ0) is 23.2. The second-order valence-corrected chi connectivity index (χ2v) is 9.04. The number of thioether (sulfide) groups is 1. The number of allylic oxidation sites excluding steroid dienone is 1. The maximum atomic E-state index is 12.5. The molecule has 170 valence electrons. The summed E-state index contributed by atoms with van der Waals surface area (Å²) in [6, 6.07) is 13.5. The predicted octanol–water partition coefficient (Wildman–Crippen LogP) is 4.70. The first-order chi connectivity index (χ1) is 16.1. The van der Waals surface area contributed by atoms with Crippen LogP contribution in [0, 0.1) is 6.92 Å². The number of rotatable bonds is 10. The molecule has 0 atom stereocenters. The molecule has 0 aliphatic heterocycles. The predicted molar refractivity (Wildman–Crippen MR) is 131 cm³/mol. The third-order valence-corrected chi connectivity index (χ3v) is 6.57. The average molecular weight is 482 g/mol. The molecule has 2 aromatic carbocycles. The highest BCUT2D eigenvalue weighted by molar-refractivity contribution is 7.99. The topological polar surface area (TPSA) is 91.2 Å². The number of methoxy groups -OCH3 is 1. The van der Waals surface area contributed by atoms with Crippen LogP contribution in [0.4, 0.5) is 5.13 Å². The second kappa shape index (κ2) is 10.5. The number of nitrogens with one attached hydrogen (secondary N) is 1. The van der Waals surface area contributed by atoms with E-state index in [1.54, 1.807) is 13.2 Å². The van der Waals surface area contributed by atoms with E-state index in [0.717, 1.165) is 15.8 Å². The molecule has 33 heavy (non-hydrogen) atoms. The Hall–Kier alpha value is -3.37. The van der Waals surface area contributed by atoms with E-state index in [4.69, 9.17) is 9.47 Å². The Morgan fingerprint density at radius 2 is 2.09 bits per heavy atom. The van der Waals surface area contributed by atoms with Crippen molar-refractivity contribution in [1.82, 2.24) is 19.7 Å². The minimum atomic E-state index is -0.158. The fourth-order valence-corrected chi connectivity index (χ4v) is 4.74. The van der Waals surface area contributed by atoms with Crippen LogP contribution in [0.3, 0.4) is 0 Å². The summed E-state index contributed by atoms with van der Waals surface area (Å²) in [6.07, 6.45) is 1.75. The zero-order valence-corrected chi connectivity index (χ0v) is 19.9. The Morgan fingerprint density at radius 3 is 2.88 bits per heavy atom. The lowest BCUT2D eigenvalue weighted by Gasteiger charge is -2.12. The fourth-order valence-electron chi connectivity index (χ4n) is 3.09. The van der Waals surface area contributed by atoms with E-state index in [9.17, 15) is 4.79 Å². The quantitative estimate of drug-likeness (QED) is 0.259. The number of nitrogens with zero attached hydrogens (tertiary/aromatic N) is 4. The molecule has 0 saturated carbocycles. The number of thiazole rings is 1. The smallest absolute Gasteiger partial charge is 0.236 e. The number of aryl methyl sites for hydroxylation is 1. The van der Waals surface area contributed by atoms with Gasteiger partial charge in [0.05, 0.1) is 23.1 Å². The van der Waals surface area contributed by atoms with Crippen LogP contribution >= 0.6 is 23.1 Å². The number of carbonyl (C=O) groups is 1. The van der Waals surface area contributed by atoms with Crippen molar-refractivity contribution in [1.29, 1.82) is 0 Å². The molecule has 8 nitrogen and oxygen atoms in total. The van der Waals surface area contributed by atoms with E-state index in [0.29, 0.717) is 34.2 Å². The SMILES string of the molecule is C=CCn1c(COc2ccc(C)cc2OC)nnc1SCC(=O)Nc1nc2ccccc2s1. The molecule has 4 aromatic rings. The standard InChI is InChI=1S/C23H23N5O3S2/c1-4-11-28-20(13-31-17-10-9-15(2)12-18(17)30-3)26-27-23(28)32-14-21(29)25-22-24-16-7-5-6-8-19(16)33-22/h4-10,12H,1,11,13-14H2,2-3H3,(H,24,25,29). The molecule has 0 fully saturated rings. The van der Waals surface area contributed by atoms with E-state index < -0.39 is 0 Å². The summed E-state index contributed by atoms with van der Waals surface area (Å²) in [7, 11) is 1.61. The Labute approximate surface area is 199 Å². The molecule has 0 aliphatic carbocycles. The largest absolute Gasteiger partial charge is 0.493 e. The van der Waals surface area contributed by atoms with Crippen LogP contribution in [-0.4, -0.2) is 38.5 Å². The monoisotopic (exact) mass is 481 g/mol. The van der Waals surface area contributed by atoms with Gasteiger partial charge in [-0.1, -0.05) is 47.4 Å². The molecule has 1 amide bonds. The lowest BCUT2D eigenvalue weighted by Crippen LogP contribution is -2.14. The van der Waals surface area contributed by atoms with E-state index in [1.165, 1.54) is 23.1 Å². The van der Waals surface area contributed by atoms with Crippen LogP contribution in [0.25, 0.3) is 10.2 Å². The van der Waals surface area contributed by atoms with E-state index in [2.05, 4.69) is 27.1 Å². The van der Waals surface area contributed by atoms with Gasteiger partial charge in [-0.15, -0.1) is 16.8 Å². The number of aromatic nitrogens is 4. The zero-order valence-electron chi connectivity index (χ0n) is 18.3. The molecular formula is C23H23N5O3S2. The van der Waals surface area contributed by atoms with Gasteiger partial charge in [-0.05, 0) is 36.8 Å². The second-order valence-electron chi connectivity index (χ2n) is 7.06. The number of para-hydroxylation sites is 1. The van der Waals surface area contributed by atoms with Gasteiger partial charge < -0.3 is 14.8 Å². The molecule has 0 spiro atoms. The summed E-state index contributed by atoms with van der Waals surface area (Å²) in [5.41, 5.74) is 1.95. The van der Waals surface area contributed by atoms with Gasteiger partial charge >= 0.3 is 0 Å². The van der Waals surface area contributed by atoms with Crippen molar-refractivity contribution >= 4 is 44.4 Å². The summed E-state index contributed by atoms with van der Waals surface area (Å²) < 4.78 is 14.2. The van der Waals surface area contributed by atoms with Crippen molar-refractivity contribution in [3.05, 3.63) is 66.5 Å². The van der Waals surface area contributed by atoms with Crippen LogP contribution in [-0.2, 0) is 17.9 Å². The highest BCUT2D eigenvalue weighted by Gasteiger charge is 2.16. The Bertz CT molecular complexity index is 1250. The van der Waals surface area contributed by atoms with E-state index >= 15 is 0 Å². The number of hydrogen-bond donors (Lipinski definition) is 1. The van der Waals surface area contributed by atoms with Crippen molar-refractivity contribution < 1.29 is 14.3 Å². The number of fused-ring (bicyclic) bond motifs is 1. The maximum absolute atomic E-state index is 12.5. The fraction of sp³-hybridized carbons (Fsp3) is 0.217. The Morgan fingerprint density at radius 1 is 1.24 bits per heavy atom. The van der Waals surface area contributed by atoms with Crippen LogP contribution < -0.4 is 14.8 Å². The first kappa shape index (κ1) is 22.8. The molecular weight excluding hydrogens is 458 g/mol. The van der Waals surface area contributed by atoms with Gasteiger partial charge in [0.25, 0.3) is 0 Å². The number of benzene rings is 2. The van der Waals surface area contributed by atoms with Gasteiger partial charge in [0.15, 0.2) is 27.6 Å².